The predicted molar refractivity (Wildman–Crippen MR) is 82.4 cm³/mol. The van der Waals surface area contributed by atoms with E-state index < -0.39 is 0 Å². The number of piperidine rings is 1. The Bertz CT molecular complexity index is 300. The average Bonchev–Trinajstić information content (AvgIpc) is 2.52. The molecule has 1 heterocycles. The summed E-state index contributed by atoms with van der Waals surface area (Å²) in [6.07, 6.45) is 8.94. The van der Waals surface area contributed by atoms with Crippen LogP contribution in [0.2, 0.25) is 0 Å². The number of hydrogen-bond acceptors (Lipinski definition) is 3. The first-order chi connectivity index (χ1) is 9.74. The van der Waals surface area contributed by atoms with Gasteiger partial charge in [-0.05, 0) is 51.0 Å². The van der Waals surface area contributed by atoms with E-state index in [4.69, 9.17) is 5.73 Å². The molecule has 1 amide bonds. The van der Waals surface area contributed by atoms with Crippen molar-refractivity contribution < 1.29 is 4.79 Å². The SMILES string of the molecule is CCC1CCC(N2CCCC(C(=O)NCCN)C2)CC1. The third kappa shape index (κ3) is 4.19. The van der Waals surface area contributed by atoms with Crippen LogP contribution in [0.1, 0.15) is 51.9 Å². The van der Waals surface area contributed by atoms with Gasteiger partial charge in [0, 0.05) is 25.7 Å². The van der Waals surface area contributed by atoms with Crippen LogP contribution in [0.15, 0.2) is 0 Å². The second-order valence-corrected chi connectivity index (χ2v) is 6.50. The molecule has 0 aromatic heterocycles. The van der Waals surface area contributed by atoms with Gasteiger partial charge in [0.05, 0.1) is 5.92 Å². The third-order valence-electron chi connectivity index (χ3n) is 5.18. The Labute approximate surface area is 123 Å². The highest BCUT2D eigenvalue weighted by atomic mass is 16.1. The molecule has 1 atom stereocenters. The van der Waals surface area contributed by atoms with Crippen LogP contribution < -0.4 is 11.1 Å². The highest BCUT2D eigenvalue weighted by molar-refractivity contribution is 5.78. The summed E-state index contributed by atoms with van der Waals surface area (Å²) in [4.78, 5) is 14.7. The lowest BCUT2D eigenvalue weighted by atomic mass is 9.83. The largest absolute Gasteiger partial charge is 0.355 e. The van der Waals surface area contributed by atoms with E-state index in [2.05, 4.69) is 17.1 Å². The van der Waals surface area contributed by atoms with Gasteiger partial charge in [0.25, 0.3) is 0 Å². The van der Waals surface area contributed by atoms with Gasteiger partial charge < -0.3 is 11.1 Å². The maximum Gasteiger partial charge on any atom is 0.224 e. The second-order valence-electron chi connectivity index (χ2n) is 6.50. The fourth-order valence-corrected chi connectivity index (χ4v) is 3.81. The molecular weight excluding hydrogens is 250 g/mol. The molecule has 1 aliphatic heterocycles. The fraction of sp³-hybridized carbons (Fsp3) is 0.938. The Morgan fingerprint density at radius 3 is 2.65 bits per heavy atom. The first-order valence-corrected chi connectivity index (χ1v) is 8.46. The van der Waals surface area contributed by atoms with E-state index in [9.17, 15) is 4.79 Å². The Balaban J connectivity index is 1.80. The standard InChI is InChI=1S/C16H31N3O/c1-2-13-5-7-15(8-6-13)19-11-3-4-14(12-19)16(20)18-10-9-17/h13-15H,2-12,17H2,1H3,(H,18,20). The number of carbonyl (C=O) groups excluding carboxylic acids is 1. The Morgan fingerprint density at radius 2 is 2.00 bits per heavy atom. The third-order valence-corrected chi connectivity index (χ3v) is 5.18. The van der Waals surface area contributed by atoms with E-state index in [1.165, 1.54) is 38.6 Å². The first kappa shape index (κ1) is 15.8. The molecule has 4 nitrogen and oxygen atoms in total. The van der Waals surface area contributed by atoms with Crippen molar-refractivity contribution in [3.8, 4) is 0 Å². The van der Waals surface area contributed by atoms with Crippen molar-refractivity contribution in [1.29, 1.82) is 0 Å². The first-order valence-electron chi connectivity index (χ1n) is 8.46. The van der Waals surface area contributed by atoms with Crippen molar-refractivity contribution in [1.82, 2.24) is 10.2 Å². The molecule has 0 aromatic rings. The van der Waals surface area contributed by atoms with Gasteiger partial charge in [-0.1, -0.05) is 13.3 Å². The van der Waals surface area contributed by atoms with Crippen LogP contribution in [0.25, 0.3) is 0 Å². The molecule has 0 spiro atoms. The van der Waals surface area contributed by atoms with Crippen LogP contribution in [0.5, 0.6) is 0 Å². The monoisotopic (exact) mass is 281 g/mol. The van der Waals surface area contributed by atoms with Gasteiger partial charge in [-0.15, -0.1) is 0 Å². The second kappa shape index (κ2) is 7.99. The summed E-state index contributed by atoms with van der Waals surface area (Å²) in [6.45, 7) is 5.59. The lowest BCUT2D eigenvalue weighted by Crippen LogP contribution is -2.48. The van der Waals surface area contributed by atoms with Crippen molar-refractivity contribution >= 4 is 5.91 Å². The van der Waals surface area contributed by atoms with E-state index in [1.54, 1.807) is 0 Å². The number of amides is 1. The number of hydrogen-bond donors (Lipinski definition) is 2. The van der Waals surface area contributed by atoms with E-state index in [0.717, 1.165) is 31.3 Å². The normalized spacial score (nSPS) is 32.0. The van der Waals surface area contributed by atoms with Crippen molar-refractivity contribution in [3.63, 3.8) is 0 Å². The summed E-state index contributed by atoms with van der Waals surface area (Å²) in [5, 5.41) is 2.95. The summed E-state index contributed by atoms with van der Waals surface area (Å²) in [5.41, 5.74) is 5.45. The topological polar surface area (TPSA) is 58.4 Å². The minimum absolute atomic E-state index is 0.180. The van der Waals surface area contributed by atoms with Gasteiger partial charge in [0.1, 0.15) is 0 Å². The fourth-order valence-electron chi connectivity index (χ4n) is 3.81. The van der Waals surface area contributed by atoms with Crippen LogP contribution >= 0.6 is 0 Å². The molecule has 20 heavy (non-hydrogen) atoms. The Hall–Kier alpha value is -0.610. The molecule has 0 radical (unpaired) electrons. The van der Waals surface area contributed by atoms with Gasteiger partial charge in [0.15, 0.2) is 0 Å². The molecule has 0 aromatic carbocycles. The molecule has 116 valence electrons. The van der Waals surface area contributed by atoms with Crippen LogP contribution in [-0.4, -0.2) is 43.0 Å². The number of nitrogens with two attached hydrogens (primary N) is 1. The summed E-state index contributed by atoms with van der Waals surface area (Å²) < 4.78 is 0. The molecule has 3 N–H and O–H groups in total. The van der Waals surface area contributed by atoms with Crippen molar-refractivity contribution in [3.05, 3.63) is 0 Å². The van der Waals surface area contributed by atoms with Crippen LogP contribution in [0, 0.1) is 11.8 Å². The van der Waals surface area contributed by atoms with E-state index >= 15 is 0 Å². The maximum absolute atomic E-state index is 12.1. The number of nitrogens with one attached hydrogen (secondary N) is 1. The number of nitrogens with zero attached hydrogens (tertiary/aromatic N) is 1. The molecule has 0 bridgehead atoms. The highest BCUT2D eigenvalue weighted by Crippen LogP contribution is 2.31. The predicted octanol–water partition coefficient (Wildman–Crippen LogP) is 1.74. The molecule has 1 saturated carbocycles. The number of rotatable bonds is 5. The molecular formula is C16H31N3O. The summed E-state index contributed by atoms with van der Waals surface area (Å²) in [6, 6.07) is 0.725. The number of carbonyl (C=O) groups is 1. The summed E-state index contributed by atoms with van der Waals surface area (Å²) in [5.74, 6) is 1.33. The molecule has 2 rings (SSSR count). The van der Waals surface area contributed by atoms with Gasteiger partial charge in [-0.2, -0.15) is 0 Å². The van der Waals surface area contributed by atoms with Crippen LogP contribution in [0.4, 0.5) is 0 Å². The van der Waals surface area contributed by atoms with Gasteiger partial charge in [0.2, 0.25) is 5.91 Å². The van der Waals surface area contributed by atoms with Crippen molar-refractivity contribution in [2.45, 2.75) is 57.9 Å². The van der Waals surface area contributed by atoms with Crippen LogP contribution in [0.3, 0.4) is 0 Å². The molecule has 2 aliphatic rings. The van der Waals surface area contributed by atoms with E-state index in [-0.39, 0.29) is 11.8 Å². The van der Waals surface area contributed by atoms with Gasteiger partial charge in [-0.25, -0.2) is 0 Å². The Kier molecular flexibility index (Phi) is 6.30. The smallest absolute Gasteiger partial charge is 0.224 e. The minimum Gasteiger partial charge on any atom is -0.355 e. The zero-order chi connectivity index (χ0) is 14.4. The summed E-state index contributed by atoms with van der Waals surface area (Å²) in [7, 11) is 0. The quantitative estimate of drug-likeness (QED) is 0.807. The average molecular weight is 281 g/mol. The van der Waals surface area contributed by atoms with Crippen molar-refractivity contribution in [2.75, 3.05) is 26.2 Å². The van der Waals surface area contributed by atoms with Crippen molar-refractivity contribution in [2.24, 2.45) is 17.6 Å². The van der Waals surface area contributed by atoms with Gasteiger partial charge >= 0.3 is 0 Å². The molecule has 4 heteroatoms. The molecule has 1 saturated heterocycles. The molecule has 2 fully saturated rings. The van der Waals surface area contributed by atoms with Gasteiger partial charge in [-0.3, -0.25) is 9.69 Å². The zero-order valence-corrected chi connectivity index (χ0v) is 12.9. The molecule has 1 aliphatic carbocycles. The molecule has 1 unspecified atom stereocenters. The van der Waals surface area contributed by atoms with E-state index in [0.29, 0.717) is 13.1 Å². The lowest BCUT2D eigenvalue weighted by Gasteiger charge is -2.41. The Morgan fingerprint density at radius 1 is 1.25 bits per heavy atom. The van der Waals surface area contributed by atoms with E-state index in [1.807, 2.05) is 0 Å². The zero-order valence-electron chi connectivity index (χ0n) is 12.9. The minimum atomic E-state index is 0.180. The van der Waals surface area contributed by atoms with Crippen LogP contribution in [-0.2, 0) is 4.79 Å². The highest BCUT2D eigenvalue weighted by Gasteiger charge is 2.31. The lowest BCUT2D eigenvalue weighted by molar-refractivity contribution is -0.127. The number of likely N-dealkylation sites (tertiary alicyclic amines) is 1. The maximum atomic E-state index is 12.1. The summed E-state index contributed by atoms with van der Waals surface area (Å²) >= 11 is 0.